The highest BCUT2D eigenvalue weighted by molar-refractivity contribution is 5.96. The maximum Gasteiger partial charge on any atom is 0.258 e. The van der Waals surface area contributed by atoms with Gasteiger partial charge < -0.3 is 14.8 Å². The molecule has 2 N–H and O–H groups in total. The zero-order valence-corrected chi connectivity index (χ0v) is 14.6. The van der Waals surface area contributed by atoms with E-state index in [4.69, 9.17) is 9.47 Å². The van der Waals surface area contributed by atoms with E-state index >= 15 is 0 Å². The number of imidazole rings is 1. The van der Waals surface area contributed by atoms with Crippen molar-refractivity contribution in [3.05, 3.63) is 63.9 Å². The molecule has 2 aliphatic rings. The lowest BCUT2D eigenvalue weighted by Gasteiger charge is -2.26. The molecule has 2 aliphatic heterocycles. The van der Waals surface area contributed by atoms with Crippen LogP contribution in [0.1, 0.15) is 23.5 Å². The molecule has 0 bridgehead atoms. The predicted octanol–water partition coefficient (Wildman–Crippen LogP) is 2.38. The Hall–Kier alpha value is -3.81. The van der Waals surface area contributed by atoms with Crippen molar-refractivity contribution in [3.8, 4) is 11.5 Å². The van der Waals surface area contributed by atoms with Gasteiger partial charge in [-0.05, 0) is 29.8 Å². The first-order valence-electron chi connectivity index (χ1n) is 8.92. The van der Waals surface area contributed by atoms with Crippen LogP contribution in [0, 0.1) is 0 Å². The van der Waals surface area contributed by atoms with E-state index in [0.717, 1.165) is 16.6 Å². The van der Waals surface area contributed by atoms with Gasteiger partial charge in [-0.1, -0.05) is 18.2 Å². The number of amides is 1. The maximum absolute atomic E-state index is 13.0. The Morgan fingerprint density at radius 2 is 1.93 bits per heavy atom. The molecule has 2 aromatic heterocycles. The smallest absolute Gasteiger partial charge is 0.258 e. The Bertz CT molecular complexity index is 1350. The minimum Gasteiger partial charge on any atom is -0.454 e. The third kappa shape index (κ3) is 2.02. The van der Waals surface area contributed by atoms with Crippen LogP contribution < -0.4 is 20.3 Å². The van der Waals surface area contributed by atoms with Crippen LogP contribution in [0.15, 0.2) is 47.3 Å². The van der Waals surface area contributed by atoms with Crippen LogP contribution >= 0.6 is 0 Å². The number of hydrogen-bond donors (Lipinski definition) is 2. The SMILES string of the molecule is O=C1C[C@@H](c2ccc3c(c2)OCO3)c2c(n3c(nc4ccccc43)[nH]c2=O)N1. The van der Waals surface area contributed by atoms with Gasteiger partial charge in [-0.2, -0.15) is 0 Å². The third-order valence-corrected chi connectivity index (χ3v) is 5.30. The lowest BCUT2D eigenvalue weighted by Crippen LogP contribution is -2.32. The molecule has 0 saturated carbocycles. The van der Waals surface area contributed by atoms with Crippen LogP contribution in [0.3, 0.4) is 0 Å². The first kappa shape index (κ1) is 15.3. The lowest BCUT2D eigenvalue weighted by molar-refractivity contribution is -0.116. The summed E-state index contributed by atoms with van der Waals surface area (Å²) in [5.74, 6) is 1.60. The highest BCUT2D eigenvalue weighted by atomic mass is 16.7. The average molecular weight is 374 g/mol. The molecule has 138 valence electrons. The number of fused-ring (bicyclic) bond motifs is 6. The molecule has 0 unspecified atom stereocenters. The Morgan fingerprint density at radius 3 is 2.86 bits per heavy atom. The Morgan fingerprint density at radius 1 is 1.07 bits per heavy atom. The van der Waals surface area contributed by atoms with Gasteiger partial charge in [0.25, 0.3) is 5.56 Å². The third-order valence-electron chi connectivity index (χ3n) is 5.30. The van der Waals surface area contributed by atoms with Crippen LogP contribution in [-0.4, -0.2) is 27.1 Å². The quantitative estimate of drug-likeness (QED) is 0.533. The zero-order valence-electron chi connectivity index (χ0n) is 14.6. The fourth-order valence-electron chi connectivity index (χ4n) is 4.06. The predicted molar refractivity (Wildman–Crippen MR) is 101 cm³/mol. The van der Waals surface area contributed by atoms with Gasteiger partial charge in [0.2, 0.25) is 18.5 Å². The molecular weight excluding hydrogens is 360 g/mol. The number of ether oxygens (including phenoxy) is 2. The van der Waals surface area contributed by atoms with E-state index in [1.807, 2.05) is 42.5 Å². The summed E-state index contributed by atoms with van der Waals surface area (Å²) < 4.78 is 12.6. The number of nitrogens with zero attached hydrogens (tertiary/aromatic N) is 2. The molecule has 28 heavy (non-hydrogen) atoms. The van der Waals surface area contributed by atoms with Gasteiger partial charge in [-0.25, -0.2) is 4.98 Å². The summed E-state index contributed by atoms with van der Waals surface area (Å²) in [6.45, 7) is 0.169. The van der Waals surface area contributed by atoms with Crippen LogP contribution in [-0.2, 0) is 4.79 Å². The number of aromatic nitrogens is 3. The van der Waals surface area contributed by atoms with Crippen molar-refractivity contribution in [2.24, 2.45) is 0 Å². The van der Waals surface area contributed by atoms with Crippen LogP contribution in [0.2, 0.25) is 0 Å². The molecule has 8 nitrogen and oxygen atoms in total. The number of benzene rings is 2. The van der Waals surface area contributed by atoms with Crippen molar-refractivity contribution in [1.29, 1.82) is 0 Å². The summed E-state index contributed by atoms with van der Waals surface area (Å²) in [5.41, 5.74) is 2.63. The van der Waals surface area contributed by atoms with Crippen LogP contribution in [0.5, 0.6) is 11.5 Å². The Labute approximate surface area is 157 Å². The van der Waals surface area contributed by atoms with E-state index in [9.17, 15) is 9.59 Å². The standard InChI is InChI=1S/C20H14N4O4/c25-16-8-11(10-5-6-14-15(7-10)28-9-27-14)17-18(22-16)24-13-4-2-1-3-12(13)21-20(24)23-19(17)26/h1-7,11H,8-9H2,(H,22,25)(H,21,23,26)/t11-/m0/s1. The molecule has 4 aromatic rings. The molecule has 8 heteroatoms. The van der Waals surface area contributed by atoms with E-state index in [1.165, 1.54) is 0 Å². The summed E-state index contributed by atoms with van der Waals surface area (Å²) in [6.07, 6.45) is 0.174. The van der Waals surface area contributed by atoms with E-state index in [-0.39, 0.29) is 24.7 Å². The average Bonchev–Trinajstić information content (AvgIpc) is 3.30. The molecule has 6 rings (SSSR count). The van der Waals surface area contributed by atoms with E-state index in [1.54, 1.807) is 4.40 Å². The fourth-order valence-corrected chi connectivity index (χ4v) is 4.06. The van der Waals surface area contributed by atoms with Gasteiger partial charge in [0.15, 0.2) is 11.5 Å². The molecule has 1 atom stereocenters. The molecule has 0 aliphatic carbocycles. The number of rotatable bonds is 1. The summed E-state index contributed by atoms with van der Waals surface area (Å²) in [4.78, 5) is 32.8. The van der Waals surface area contributed by atoms with Crippen molar-refractivity contribution in [2.45, 2.75) is 12.3 Å². The van der Waals surface area contributed by atoms with Crippen molar-refractivity contribution in [2.75, 3.05) is 12.1 Å². The number of aromatic amines is 1. The minimum absolute atomic E-state index is 0.153. The normalized spacial score (nSPS) is 17.7. The molecule has 0 fully saturated rings. The molecule has 0 spiro atoms. The molecular formula is C20H14N4O4. The highest BCUT2D eigenvalue weighted by Crippen LogP contribution is 2.40. The minimum atomic E-state index is -0.396. The van der Waals surface area contributed by atoms with E-state index < -0.39 is 5.92 Å². The molecule has 1 amide bonds. The number of nitrogens with one attached hydrogen (secondary N) is 2. The van der Waals surface area contributed by atoms with E-state index in [0.29, 0.717) is 28.7 Å². The zero-order chi connectivity index (χ0) is 18.8. The molecule has 2 aromatic carbocycles. The first-order valence-corrected chi connectivity index (χ1v) is 8.92. The number of anilines is 1. The fraction of sp³-hybridized carbons (Fsp3) is 0.150. The largest absolute Gasteiger partial charge is 0.454 e. The number of H-pyrrole nitrogens is 1. The first-order chi connectivity index (χ1) is 13.7. The Kier molecular flexibility index (Phi) is 2.92. The highest BCUT2D eigenvalue weighted by Gasteiger charge is 2.33. The van der Waals surface area contributed by atoms with Crippen molar-refractivity contribution in [1.82, 2.24) is 14.4 Å². The number of para-hydroxylation sites is 2. The van der Waals surface area contributed by atoms with Gasteiger partial charge in [-0.3, -0.25) is 19.0 Å². The van der Waals surface area contributed by atoms with Gasteiger partial charge >= 0.3 is 0 Å². The van der Waals surface area contributed by atoms with Crippen molar-refractivity contribution < 1.29 is 14.3 Å². The topological polar surface area (TPSA) is 97.7 Å². The second kappa shape index (κ2) is 5.35. The van der Waals surface area contributed by atoms with Crippen LogP contribution in [0.4, 0.5) is 5.82 Å². The monoisotopic (exact) mass is 374 g/mol. The Balaban J connectivity index is 1.64. The molecule has 0 radical (unpaired) electrons. The van der Waals surface area contributed by atoms with Crippen molar-refractivity contribution in [3.63, 3.8) is 0 Å². The summed E-state index contributed by atoms with van der Waals surface area (Å²) >= 11 is 0. The van der Waals surface area contributed by atoms with Crippen LogP contribution in [0.25, 0.3) is 16.8 Å². The number of carbonyl (C=O) groups is 1. The second-order valence-corrected chi connectivity index (χ2v) is 6.89. The number of carbonyl (C=O) groups excluding carboxylic acids is 1. The van der Waals surface area contributed by atoms with Gasteiger partial charge in [0, 0.05) is 12.3 Å². The van der Waals surface area contributed by atoms with Gasteiger partial charge in [-0.15, -0.1) is 0 Å². The van der Waals surface area contributed by atoms with E-state index in [2.05, 4.69) is 15.3 Å². The van der Waals surface area contributed by atoms with Gasteiger partial charge in [0.05, 0.1) is 16.6 Å². The summed E-state index contributed by atoms with van der Waals surface area (Å²) in [7, 11) is 0. The lowest BCUT2D eigenvalue weighted by atomic mass is 9.86. The summed E-state index contributed by atoms with van der Waals surface area (Å²) in [5, 5.41) is 2.88. The second-order valence-electron chi connectivity index (χ2n) is 6.89. The molecule has 0 saturated heterocycles. The summed E-state index contributed by atoms with van der Waals surface area (Å²) in [6, 6.07) is 13.1. The van der Waals surface area contributed by atoms with Gasteiger partial charge in [0.1, 0.15) is 5.82 Å². The molecule has 4 heterocycles. The maximum atomic E-state index is 13.0. The van der Waals surface area contributed by atoms with Crippen molar-refractivity contribution >= 4 is 28.5 Å². The number of hydrogen-bond acceptors (Lipinski definition) is 5.